The van der Waals surface area contributed by atoms with Gasteiger partial charge in [-0.1, -0.05) is 0 Å². The van der Waals surface area contributed by atoms with E-state index in [-0.39, 0.29) is 25.0 Å². The molecule has 0 unspecified atom stereocenters. The van der Waals surface area contributed by atoms with Crippen LogP contribution in [0.3, 0.4) is 0 Å². The minimum Gasteiger partial charge on any atom is -0.396 e. The molecule has 0 aromatic carbocycles. The normalized spacial score (nSPS) is 23.2. The summed E-state index contributed by atoms with van der Waals surface area (Å²) < 4.78 is 1.70. The number of aliphatic hydroxyl groups excluding tert-OH is 2. The van der Waals surface area contributed by atoms with Crippen molar-refractivity contribution in [1.29, 1.82) is 0 Å². The van der Waals surface area contributed by atoms with Gasteiger partial charge in [-0.3, -0.25) is 4.79 Å². The van der Waals surface area contributed by atoms with Gasteiger partial charge in [-0.25, -0.2) is 4.52 Å². The zero-order chi connectivity index (χ0) is 14.1. The number of likely N-dealkylation sites (tertiary alicyclic amines) is 1. The Kier molecular flexibility index (Phi) is 3.42. The lowest BCUT2D eigenvalue weighted by Gasteiger charge is -2.35. The average Bonchev–Trinajstić information content (AvgIpc) is 2.93. The third kappa shape index (κ3) is 2.28. The van der Waals surface area contributed by atoms with Crippen molar-refractivity contribution in [2.24, 2.45) is 5.92 Å². The van der Waals surface area contributed by atoms with Gasteiger partial charge in [0.25, 0.3) is 5.91 Å². The van der Waals surface area contributed by atoms with E-state index in [1.54, 1.807) is 33.9 Å². The van der Waals surface area contributed by atoms with Gasteiger partial charge >= 0.3 is 0 Å². The summed E-state index contributed by atoms with van der Waals surface area (Å²) in [6.07, 6.45) is 3.40. The molecule has 1 aliphatic heterocycles. The summed E-state index contributed by atoms with van der Waals surface area (Å²) in [5.41, 5.74) is 1.45. The molecule has 6 nitrogen and oxygen atoms in total. The monoisotopic (exact) mass is 275 g/mol. The number of amides is 1. The van der Waals surface area contributed by atoms with Crippen LogP contribution in [0.1, 0.15) is 16.8 Å². The number of carbonyl (C=O) groups is 1. The highest BCUT2D eigenvalue weighted by atomic mass is 16.3. The van der Waals surface area contributed by atoms with Crippen LogP contribution < -0.4 is 0 Å². The fourth-order valence-corrected chi connectivity index (χ4v) is 2.61. The van der Waals surface area contributed by atoms with Crippen molar-refractivity contribution >= 4 is 11.4 Å². The van der Waals surface area contributed by atoms with Gasteiger partial charge < -0.3 is 15.1 Å². The van der Waals surface area contributed by atoms with Gasteiger partial charge in [-0.15, -0.1) is 0 Å². The molecule has 0 bridgehead atoms. The molecule has 2 N–H and O–H groups in total. The number of carbonyl (C=O) groups excluding carboxylic acids is 1. The van der Waals surface area contributed by atoms with Crippen LogP contribution in [-0.2, 0) is 0 Å². The van der Waals surface area contributed by atoms with E-state index in [0.717, 1.165) is 5.52 Å². The first kappa shape index (κ1) is 13.1. The summed E-state index contributed by atoms with van der Waals surface area (Å²) in [7, 11) is 0. The van der Waals surface area contributed by atoms with Crippen LogP contribution in [0.2, 0.25) is 0 Å². The zero-order valence-electron chi connectivity index (χ0n) is 11.0. The van der Waals surface area contributed by atoms with E-state index in [0.29, 0.717) is 18.5 Å². The number of hydrogen-bond acceptors (Lipinski definition) is 4. The first-order chi connectivity index (χ1) is 9.69. The lowest BCUT2D eigenvalue weighted by molar-refractivity contribution is 0.000878. The molecule has 1 saturated heterocycles. The Labute approximate surface area is 116 Å². The molecule has 1 amide bonds. The highest BCUT2D eigenvalue weighted by Gasteiger charge is 2.30. The van der Waals surface area contributed by atoms with E-state index in [1.807, 2.05) is 6.07 Å². The second-order valence-electron chi connectivity index (χ2n) is 5.17. The van der Waals surface area contributed by atoms with E-state index in [1.165, 1.54) is 0 Å². The van der Waals surface area contributed by atoms with Gasteiger partial charge in [0.1, 0.15) is 0 Å². The van der Waals surface area contributed by atoms with Crippen molar-refractivity contribution in [2.75, 3.05) is 19.7 Å². The van der Waals surface area contributed by atoms with Gasteiger partial charge in [-0.05, 0) is 24.6 Å². The fourth-order valence-electron chi connectivity index (χ4n) is 2.61. The maximum absolute atomic E-state index is 12.4. The van der Waals surface area contributed by atoms with E-state index < -0.39 is 6.10 Å². The molecule has 2 aromatic heterocycles. The highest BCUT2D eigenvalue weighted by Crippen LogP contribution is 2.19. The SMILES string of the molecule is O=C(c1ccn2nccc2c1)N1CC[C@H](CO)[C@@H](O)C1. The van der Waals surface area contributed by atoms with Crippen LogP contribution >= 0.6 is 0 Å². The lowest BCUT2D eigenvalue weighted by Crippen LogP contribution is -2.47. The quantitative estimate of drug-likeness (QED) is 0.818. The molecule has 6 heteroatoms. The molecule has 0 aliphatic carbocycles. The zero-order valence-corrected chi connectivity index (χ0v) is 11.0. The molecule has 1 fully saturated rings. The maximum atomic E-state index is 12.4. The second-order valence-corrected chi connectivity index (χ2v) is 5.17. The van der Waals surface area contributed by atoms with Crippen LogP contribution in [0.4, 0.5) is 0 Å². The van der Waals surface area contributed by atoms with Crippen LogP contribution in [0, 0.1) is 5.92 Å². The minimum atomic E-state index is -0.656. The van der Waals surface area contributed by atoms with E-state index in [2.05, 4.69) is 5.10 Å². The van der Waals surface area contributed by atoms with Crippen molar-refractivity contribution < 1.29 is 15.0 Å². The number of aromatic nitrogens is 2. The Morgan fingerprint density at radius 2 is 2.30 bits per heavy atom. The molecule has 0 spiro atoms. The predicted octanol–water partition coefficient (Wildman–Crippen LogP) is 0.150. The molecule has 1 aliphatic rings. The van der Waals surface area contributed by atoms with Crippen LogP contribution in [-0.4, -0.2) is 56.4 Å². The number of pyridine rings is 1. The molecular formula is C14H17N3O3. The summed E-state index contributed by atoms with van der Waals surface area (Å²) in [5.74, 6) is -0.222. The number of aliphatic hydroxyl groups is 2. The van der Waals surface area contributed by atoms with Gasteiger partial charge in [0.15, 0.2) is 0 Å². The van der Waals surface area contributed by atoms with Gasteiger partial charge in [0.2, 0.25) is 0 Å². The summed E-state index contributed by atoms with van der Waals surface area (Å²) in [4.78, 5) is 14.1. The van der Waals surface area contributed by atoms with E-state index in [4.69, 9.17) is 5.11 Å². The molecular weight excluding hydrogens is 258 g/mol. The number of hydrogen-bond donors (Lipinski definition) is 2. The summed E-state index contributed by atoms with van der Waals surface area (Å²) >= 11 is 0. The highest BCUT2D eigenvalue weighted by molar-refractivity contribution is 5.95. The maximum Gasteiger partial charge on any atom is 0.254 e. The fraction of sp³-hybridized carbons (Fsp3) is 0.429. The van der Waals surface area contributed by atoms with E-state index >= 15 is 0 Å². The average molecular weight is 275 g/mol. The van der Waals surface area contributed by atoms with Crippen LogP contribution in [0.15, 0.2) is 30.6 Å². The van der Waals surface area contributed by atoms with Gasteiger partial charge in [0.05, 0.1) is 11.6 Å². The standard InChI is InChI=1S/C14H17N3O3/c18-9-11-2-5-16(8-13(11)19)14(20)10-3-6-17-12(7-10)1-4-15-17/h1,3-4,6-7,11,13,18-19H,2,5,8-9H2/t11-,13+/m1/s1. The minimum absolute atomic E-state index is 0.0367. The number of fused-ring (bicyclic) bond motifs is 1. The van der Waals surface area contributed by atoms with Gasteiger partial charge in [-0.2, -0.15) is 5.10 Å². The lowest BCUT2D eigenvalue weighted by atomic mass is 9.94. The second kappa shape index (κ2) is 5.22. The Bertz CT molecular complexity index is 625. The molecule has 3 heterocycles. The molecule has 106 valence electrons. The molecule has 0 saturated carbocycles. The third-order valence-corrected chi connectivity index (χ3v) is 3.89. The number of β-amino-alcohol motifs (C(OH)–C–C–N with tert-alkyl or cyclic N) is 1. The van der Waals surface area contributed by atoms with Crippen LogP contribution in [0.5, 0.6) is 0 Å². The molecule has 2 atom stereocenters. The van der Waals surface area contributed by atoms with Crippen molar-refractivity contribution in [3.05, 3.63) is 36.2 Å². The summed E-state index contributed by atoms with van der Waals surface area (Å²) in [6.45, 7) is 0.797. The third-order valence-electron chi connectivity index (χ3n) is 3.89. The Morgan fingerprint density at radius 1 is 1.45 bits per heavy atom. The topological polar surface area (TPSA) is 78.1 Å². The number of nitrogens with zero attached hydrogens (tertiary/aromatic N) is 3. The number of piperidine rings is 1. The number of rotatable bonds is 2. The summed E-state index contributed by atoms with van der Waals surface area (Å²) in [5, 5.41) is 23.1. The first-order valence-corrected chi connectivity index (χ1v) is 6.70. The first-order valence-electron chi connectivity index (χ1n) is 6.70. The smallest absolute Gasteiger partial charge is 0.254 e. The predicted molar refractivity (Wildman–Crippen MR) is 72.3 cm³/mol. The molecule has 3 rings (SSSR count). The van der Waals surface area contributed by atoms with Gasteiger partial charge in [0, 0.05) is 43.6 Å². The van der Waals surface area contributed by atoms with Crippen molar-refractivity contribution in [2.45, 2.75) is 12.5 Å². The Balaban J connectivity index is 1.78. The Morgan fingerprint density at radius 3 is 3.05 bits per heavy atom. The van der Waals surface area contributed by atoms with E-state index in [9.17, 15) is 9.90 Å². The van der Waals surface area contributed by atoms with Crippen molar-refractivity contribution in [3.8, 4) is 0 Å². The molecule has 20 heavy (non-hydrogen) atoms. The van der Waals surface area contributed by atoms with Crippen LogP contribution in [0.25, 0.3) is 5.52 Å². The van der Waals surface area contributed by atoms with Crippen molar-refractivity contribution in [1.82, 2.24) is 14.5 Å². The molecule has 2 aromatic rings. The largest absolute Gasteiger partial charge is 0.396 e. The molecule has 0 radical (unpaired) electrons. The Hall–Kier alpha value is -1.92. The van der Waals surface area contributed by atoms with Crippen molar-refractivity contribution in [3.63, 3.8) is 0 Å². The summed E-state index contributed by atoms with van der Waals surface area (Å²) in [6, 6.07) is 5.36.